The molecule has 0 amide bonds. The fraction of sp³-hybridized carbons (Fsp3) is 0.462. The van der Waals surface area contributed by atoms with Gasteiger partial charge >= 0.3 is 0 Å². The van der Waals surface area contributed by atoms with Gasteiger partial charge in [0.2, 0.25) is 0 Å². The Morgan fingerprint density at radius 3 is 2.74 bits per heavy atom. The van der Waals surface area contributed by atoms with Gasteiger partial charge in [0.05, 0.1) is 10.2 Å². The average molecular weight is 346 g/mol. The predicted octanol–water partition coefficient (Wildman–Crippen LogP) is 2.73. The summed E-state index contributed by atoms with van der Waals surface area (Å²) in [6.07, 6.45) is 2.53. The average Bonchev–Trinajstić information content (AvgIpc) is 2.87. The predicted molar refractivity (Wildman–Crippen MR) is 84.2 cm³/mol. The van der Waals surface area contributed by atoms with E-state index in [0.29, 0.717) is 15.7 Å². The first-order valence-electron chi connectivity index (χ1n) is 6.33. The highest BCUT2D eigenvalue weighted by atomic mass is 79.9. The van der Waals surface area contributed by atoms with E-state index in [9.17, 15) is 4.39 Å². The summed E-state index contributed by atoms with van der Waals surface area (Å²) >= 11 is 8.06. The van der Waals surface area contributed by atoms with E-state index in [-0.39, 0.29) is 10.8 Å². The summed E-state index contributed by atoms with van der Waals surface area (Å²) < 4.78 is 14.4. The number of rotatable bonds is 5. The molecule has 0 radical (unpaired) electrons. The first kappa shape index (κ1) is 14.7. The number of hydrogen-bond donors (Lipinski definition) is 2. The van der Waals surface area contributed by atoms with E-state index in [4.69, 9.17) is 18.0 Å². The van der Waals surface area contributed by atoms with Crippen LogP contribution in [0.3, 0.4) is 0 Å². The maximum Gasteiger partial charge on any atom is 0.161 e. The number of thiocarbonyl (C=S) groups is 1. The fourth-order valence-corrected chi connectivity index (χ4v) is 3.09. The van der Waals surface area contributed by atoms with Gasteiger partial charge in [-0.05, 0) is 54.0 Å². The molecule has 1 aliphatic heterocycles. The maximum absolute atomic E-state index is 14.1. The molecule has 3 nitrogen and oxygen atoms in total. The molecule has 2 rings (SSSR count). The van der Waals surface area contributed by atoms with Crippen LogP contribution in [-0.2, 0) is 0 Å². The molecule has 0 bridgehead atoms. The largest absolute Gasteiger partial charge is 0.389 e. The number of nitrogens with zero attached hydrogens (tertiary/aromatic N) is 1. The van der Waals surface area contributed by atoms with Crippen LogP contribution >= 0.6 is 28.1 Å². The SMILES string of the molecule is NC(=S)c1ccc(NCCN2CCCC2)c(F)c1Br. The molecule has 0 atom stereocenters. The minimum atomic E-state index is -0.341. The van der Waals surface area contributed by atoms with Crippen molar-refractivity contribution in [2.75, 3.05) is 31.5 Å². The van der Waals surface area contributed by atoms with Crippen LogP contribution in [0.5, 0.6) is 0 Å². The molecule has 0 unspecified atom stereocenters. The third kappa shape index (κ3) is 3.64. The lowest BCUT2D eigenvalue weighted by Crippen LogP contribution is -2.26. The third-order valence-corrected chi connectivity index (χ3v) is 4.29. The molecule has 1 heterocycles. The summed E-state index contributed by atoms with van der Waals surface area (Å²) in [5, 5.41) is 3.12. The van der Waals surface area contributed by atoms with Crippen LogP contribution in [0.25, 0.3) is 0 Å². The number of nitrogens with one attached hydrogen (secondary N) is 1. The number of likely N-dealkylation sites (tertiary alicyclic amines) is 1. The van der Waals surface area contributed by atoms with Crippen molar-refractivity contribution in [1.82, 2.24) is 4.90 Å². The molecular formula is C13H17BrFN3S. The van der Waals surface area contributed by atoms with E-state index in [1.165, 1.54) is 12.8 Å². The molecule has 6 heteroatoms. The van der Waals surface area contributed by atoms with Crippen molar-refractivity contribution in [3.8, 4) is 0 Å². The topological polar surface area (TPSA) is 41.3 Å². The second kappa shape index (κ2) is 6.63. The van der Waals surface area contributed by atoms with E-state index >= 15 is 0 Å². The van der Waals surface area contributed by atoms with Gasteiger partial charge in [0, 0.05) is 18.7 Å². The van der Waals surface area contributed by atoms with E-state index in [1.807, 2.05) is 0 Å². The zero-order chi connectivity index (χ0) is 13.8. The van der Waals surface area contributed by atoms with Gasteiger partial charge in [-0.25, -0.2) is 4.39 Å². The molecule has 1 aromatic carbocycles. The van der Waals surface area contributed by atoms with Gasteiger partial charge in [0.1, 0.15) is 4.99 Å². The summed E-state index contributed by atoms with van der Waals surface area (Å²) in [7, 11) is 0. The zero-order valence-electron chi connectivity index (χ0n) is 10.6. The Hall–Kier alpha value is -0.720. The number of benzene rings is 1. The molecule has 1 aliphatic rings. The van der Waals surface area contributed by atoms with Crippen LogP contribution in [0.2, 0.25) is 0 Å². The van der Waals surface area contributed by atoms with Gasteiger partial charge in [-0.2, -0.15) is 0 Å². The number of nitrogens with two attached hydrogens (primary N) is 1. The van der Waals surface area contributed by atoms with Crippen molar-refractivity contribution >= 4 is 38.8 Å². The normalized spacial score (nSPS) is 15.7. The van der Waals surface area contributed by atoms with Crippen molar-refractivity contribution in [2.24, 2.45) is 5.73 Å². The molecule has 104 valence electrons. The quantitative estimate of drug-likeness (QED) is 0.805. The molecule has 3 N–H and O–H groups in total. The highest BCUT2D eigenvalue weighted by molar-refractivity contribution is 9.10. The molecule has 1 fully saturated rings. The lowest BCUT2D eigenvalue weighted by atomic mass is 10.2. The lowest BCUT2D eigenvalue weighted by Gasteiger charge is -2.16. The van der Waals surface area contributed by atoms with Crippen LogP contribution in [-0.4, -0.2) is 36.1 Å². The van der Waals surface area contributed by atoms with Crippen molar-refractivity contribution in [3.05, 3.63) is 28.0 Å². The number of halogens is 2. The Labute approximate surface area is 126 Å². The summed E-state index contributed by atoms with van der Waals surface area (Å²) in [5.74, 6) is -0.341. The lowest BCUT2D eigenvalue weighted by molar-refractivity contribution is 0.352. The molecule has 0 aliphatic carbocycles. The Balaban J connectivity index is 1.96. The van der Waals surface area contributed by atoms with E-state index in [2.05, 4.69) is 26.1 Å². The van der Waals surface area contributed by atoms with Crippen LogP contribution < -0.4 is 11.1 Å². The number of hydrogen-bond acceptors (Lipinski definition) is 3. The second-order valence-electron chi connectivity index (χ2n) is 4.63. The molecule has 0 saturated carbocycles. The summed E-state index contributed by atoms with van der Waals surface area (Å²) in [4.78, 5) is 2.57. The highest BCUT2D eigenvalue weighted by Gasteiger charge is 2.14. The van der Waals surface area contributed by atoms with Crippen LogP contribution in [0.1, 0.15) is 18.4 Å². The molecule has 1 aromatic rings. The molecular weight excluding hydrogens is 329 g/mol. The van der Waals surface area contributed by atoms with Crippen molar-refractivity contribution in [3.63, 3.8) is 0 Å². The van der Waals surface area contributed by atoms with E-state index in [1.54, 1.807) is 12.1 Å². The van der Waals surface area contributed by atoms with Gasteiger partial charge in [-0.15, -0.1) is 0 Å². The highest BCUT2D eigenvalue weighted by Crippen LogP contribution is 2.27. The van der Waals surface area contributed by atoms with Crippen molar-refractivity contribution in [2.45, 2.75) is 12.8 Å². The van der Waals surface area contributed by atoms with Gasteiger partial charge in [0.25, 0.3) is 0 Å². The maximum atomic E-state index is 14.1. The molecule has 19 heavy (non-hydrogen) atoms. The monoisotopic (exact) mass is 345 g/mol. The van der Waals surface area contributed by atoms with Gasteiger partial charge in [-0.3, -0.25) is 0 Å². The second-order valence-corrected chi connectivity index (χ2v) is 5.86. The first-order chi connectivity index (χ1) is 9.09. The summed E-state index contributed by atoms with van der Waals surface area (Å²) in [5.41, 5.74) is 6.53. The van der Waals surface area contributed by atoms with E-state index in [0.717, 1.165) is 26.2 Å². The Morgan fingerprint density at radius 1 is 1.42 bits per heavy atom. The zero-order valence-corrected chi connectivity index (χ0v) is 13.0. The minimum Gasteiger partial charge on any atom is -0.389 e. The molecule has 0 spiro atoms. The van der Waals surface area contributed by atoms with Gasteiger partial charge < -0.3 is 16.0 Å². The standard InChI is InChI=1S/C13H17BrFN3S/c14-11-9(13(16)19)3-4-10(12(11)15)17-5-8-18-6-1-2-7-18/h3-4,17H,1-2,5-8H2,(H2,16,19). The van der Waals surface area contributed by atoms with E-state index < -0.39 is 0 Å². The van der Waals surface area contributed by atoms with Crippen molar-refractivity contribution < 1.29 is 4.39 Å². The minimum absolute atomic E-state index is 0.189. The van der Waals surface area contributed by atoms with Crippen LogP contribution in [0.15, 0.2) is 16.6 Å². The fourth-order valence-electron chi connectivity index (χ4n) is 2.23. The summed E-state index contributed by atoms with van der Waals surface area (Å²) in [6.45, 7) is 3.96. The molecule has 0 aromatic heterocycles. The smallest absolute Gasteiger partial charge is 0.161 e. The van der Waals surface area contributed by atoms with Gasteiger partial charge in [0.15, 0.2) is 5.82 Å². The number of anilines is 1. The Kier molecular flexibility index (Phi) is 5.13. The van der Waals surface area contributed by atoms with Crippen LogP contribution in [0, 0.1) is 5.82 Å². The van der Waals surface area contributed by atoms with Crippen molar-refractivity contribution in [1.29, 1.82) is 0 Å². The molecule has 1 saturated heterocycles. The third-order valence-electron chi connectivity index (χ3n) is 3.29. The summed E-state index contributed by atoms with van der Waals surface area (Å²) in [6, 6.07) is 3.41. The Bertz CT molecular complexity index is 475. The first-order valence-corrected chi connectivity index (χ1v) is 7.53. The Morgan fingerprint density at radius 2 is 2.11 bits per heavy atom. The van der Waals surface area contributed by atoms with Crippen LogP contribution in [0.4, 0.5) is 10.1 Å². The van der Waals surface area contributed by atoms with Gasteiger partial charge in [-0.1, -0.05) is 12.2 Å².